The summed E-state index contributed by atoms with van der Waals surface area (Å²) >= 11 is 0. The van der Waals surface area contributed by atoms with Gasteiger partial charge < -0.3 is 10.6 Å². The van der Waals surface area contributed by atoms with Gasteiger partial charge in [0.15, 0.2) is 0 Å². The Morgan fingerprint density at radius 3 is 2.45 bits per heavy atom. The molecule has 0 fully saturated rings. The van der Waals surface area contributed by atoms with E-state index in [1.54, 1.807) is 7.05 Å². The quantitative estimate of drug-likeness (QED) is 0.789. The van der Waals surface area contributed by atoms with Gasteiger partial charge in [0, 0.05) is 31.3 Å². The van der Waals surface area contributed by atoms with Gasteiger partial charge in [0.25, 0.3) is 0 Å². The number of anilines is 1. The van der Waals surface area contributed by atoms with E-state index in [-0.39, 0.29) is 5.91 Å². The molecule has 0 heterocycles. The van der Waals surface area contributed by atoms with Crippen molar-refractivity contribution in [3.63, 3.8) is 0 Å². The highest BCUT2D eigenvalue weighted by molar-refractivity contribution is 5.78. The molecule has 0 atom stereocenters. The maximum Gasteiger partial charge on any atom is 0.219 e. The van der Waals surface area contributed by atoms with Gasteiger partial charge in [0.2, 0.25) is 5.91 Å². The maximum atomic E-state index is 11.2. The summed E-state index contributed by atoms with van der Waals surface area (Å²) in [6.45, 7) is 0.789. The van der Waals surface area contributed by atoms with Gasteiger partial charge in [-0.2, -0.15) is 0 Å². The molecule has 2 rings (SSSR count). The summed E-state index contributed by atoms with van der Waals surface area (Å²) < 4.78 is 0. The van der Waals surface area contributed by atoms with E-state index in [2.05, 4.69) is 34.9 Å². The normalized spacial score (nSPS) is 10.1. The summed E-state index contributed by atoms with van der Waals surface area (Å²) in [6.07, 6.45) is 1.37. The van der Waals surface area contributed by atoms with Crippen molar-refractivity contribution in [2.75, 3.05) is 18.9 Å². The molecule has 0 aliphatic carbocycles. The zero-order valence-electron chi connectivity index (χ0n) is 11.7. The number of carbonyl (C=O) groups excluding carboxylic acids is 1. The molecule has 2 aromatic rings. The standard InChI is InChI=1S/C17H20N2O/c1-18-17(20)12-7-13-19-16-11-6-5-10-15(16)14-8-3-2-4-9-14/h2-6,8-11,19H,7,12-13H2,1H3,(H,18,20). The second-order valence-corrected chi connectivity index (χ2v) is 4.62. The molecule has 0 aromatic heterocycles. The minimum absolute atomic E-state index is 0.0862. The largest absolute Gasteiger partial charge is 0.385 e. The van der Waals surface area contributed by atoms with E-state index in [9.17, 15) is 4.79 Å². The van der Waals surface area contributed by atoms with Crippen molar-refractivity contribution in [1.29, 1.82) is 0 Å². The van der Waals surface area contributed by atoms with Crippen LogP contribution >= 0.6 is 0 Å². The first-order chi connectivity index (χ1) is 9.81. The molecule has 1 amide bonds. The SMILES string of the molecule is CNC(=O)CCCNc1ccccc1-c1ccccc1. The first-order valence-corrected chi connectivity index (χ1v) is 6.90. The minimum atomic E-state index is 0.0862. The predicted molar refractivity (Wildman–Crippen MR) is 83.7 cm³/mol. The van der Waals surface area contributed by atoms with Crippen molar-refractivity contribution < 1.29 is 4.79 Å². The van der Waals surface area contributed by atoms with E-state index in [1.165, 1.54) is 11.1 Å². The summed E-state index contributed by atoms with van der Waals surface area (Å²) in [5.74, 6) is 0.0862. The lowest BCUT2D eigenvalue weighted by atomic mass is 10.0. The van der Waals surface area contributed by atoms with Crippen LogP contribution in [0.1, 0.15) is 12.8 Å². The monoisotopic (exact) mass is 268 g/mol. The molecule has 3 heteroatoms. The minimum Gasteiger partial charge on any atom is -0.385 e. The van der Waals surface area contributed by atoms with Gasteiger partial charge in [-0.05, 0) is 18.1 Å². The van der Waals surface area contributed by atoms with E-state index in [0.717, 1.165) is 18.7 Å². The highest BCUT2D eigenvalue weighted by Crippen LogP contribution is 2.27. The van der Waals surface area contributed by atoms with Crippen LogP contribution < -0.4 is 10.6 Å². The molecule has 2 N–H and O–H groups in total. The lowest BCUT2D eigenvalue weighted by Gasteiger charge is -2.12. The van der Waals surface area contributed by atoms with Crippen LogP contribution in [0.25, 0.3) is 11.1 Å². The van der Waals surface area contributed by atoms with E-state index < -0.39 is 0 Å². The first-order valence-electron chi connectivity index (χ1n) is 6.90. The second kappa shape index (κ2) is 7.34. The van der Waals surface area contributed by atoms with Crippen LogP contribution in [-0.4, -0.2) is 19.5 Å². The fraction of sp³-hybridized carbons (Fsp3) is 0.235. The number of para-hydroxylation sites is 1. The summed E-state index contributed by atoms with van der Waals surface area (Å²) in [5, 5.41) is 6.05. The van der Waals surface area contributed by atoms with E-state index in [0.29, 0.717) is 6.42 Å². The Bertz CT molecular complexity index is 552. The molecule has 0 bridgehead atoms. The van der Waals surface area contributed by atoms with Gasteiger partial charge in [-0.1, -0.05) is 48.5 Å². The van der Waals surface area contributed by atoms with Crippen LogP contribution in [-0.2, 0) is 4.79 Å². The summed E-state index contributed by atoms with van der Waals surface area (Å²) in [7, 11) is 1.67. The Balaban J connectivity index is 2.00. The predicted octanol–water partition coefficient (Wildman–Crippen LogP) is 3.29. The molecule has 20 heavy (non-hydrogen) atoms. The topological polar surface area (TPSA) is 41.1 Å². The lowest BCUT2D eigenvalue weighted by molar-refractivity contribution is -0.120. The summed E-state index contributed by atoms with van der Waals surface area (Å²) in [4.78, 5) is 11.2. The molecular weight excluding hydrogens is 248 g/mol. The number of benzene rings is 2. The van der Waals surface area contributed by atoms with Crippen molar-refractivity contribution >= 4 is 11.6 Å². The van der Waals surface area contributed by atoms with Gasteiger partial charge >= 0.3 is 0 Å². The molecule has 0 spiro atoms. The van der Waals surface area contributed by atoms with Gasteiger partial charge in [-0.15, -0.1) is 0 Å². The van der Waals surface area contributed by atoms with E-state index in [4.69, 9.17) is 0 Å². The smallest absolute Gasteiger partial charge is 0.219 e. The number of rotatable bonds is 6. The van der Waals surface area contributed by atoms with Crippen molar-refractivity contribution in [3.05, 3.63) is 54.6 Å². The molecule has 0 unspecified atom stereocenters. The van der Waals surface area contributed by atoms with Crippen LogP contribution in [0, 0.1) is 0 Å². The fourth-order valence-electron chi connectivity index (χ4n) is 2.10. The van der Waals surface area contributed by atoms with E-state index in [1.807, 2.05) is 30.3 Å². The van der Waals surface area contributed by atoms with Crippen LogP contribution in [0.5, 0.6) is 0 Å². The molecule has 0 aliphatic heterocycles. The molecule has 3 nitrogen and oxygen atoms in total. The third kappa shape index (κ3) is 3.85. The maximum absolute atomic E-state index is 11.2. The molecule has 2 aromatic carbocycles. The highest BCUT2D eigenvalue weighted by Gasteiger charge is 2.03. The average molecular weight is 268 g/mol. The number of hydrogen-bond acceptors (Lipinski definition) is 2. The van der Waals surface area contributed by atoms with Crippen LogP contribution in [0.15, 0.2) is 54.6 Å². The van der Waals surface area contributed by atoms with Gasteiger partial charge in [-0.3, -0.25) is 4.79 Å². The molecule has 0 saturated carbocycles. The summed E-state index contributed by atoms with van der Waals surface area (Å²) in [6, 6.07) is 18.5. The van der Waals surface area contributed by atoms with Gasteiger partial charge in [-0.25, -0.2) is 0 Å². The number of amides is 1. The first kappa shape index (κ1) is 14.1. The number of nitrogens with one attached hydrogen (secondary N) is 2. The third-order valence-corrected chi connectivity index (χ3v) is 3.19. The Hall–Kier alpha value is -2.29. The zero-order chi connectivity index (χ0) is 14.2. The lowest BCUT2D eigenvalue weighted by Crippen LogP contribution is -2.18. The van der Waals surface area contributed by atoms with Crippen molar-refractivity contribution in [1.82, 2.24) is 5.32 Å². The Kier molecular flexibility index (Phi) is 5.18. The van der Waals surface area contributed by atoms with Crippen LogP contribution in [0.4, 0.5) is 5.69 Å². The van der Waals surface area contributed by atoms with Crippen molar-refractivity contribution in [2.45, 2.75) is 12.8 Å². The molecular formula is C17H20N2O. The molecule has 0 saturated heterocycles. The number of carbonyl (C=O) groups is 1. The number of hydrogen-bond donors (Lipinski definition) is 2. The molecule has 104 valence electrons. The van der Waals surface area contributed by atoms with Crippen molar-refractivity contribution in [2.24, 2.45) is 0 Å². The van der Waals surface area contributed by atoms with Gasteiger partial charge in [0.05, 0.1) is 0 Å². The molecule has 0 aliphatic rings. The Morgan fingerprint density at radius 1 is 1.00 bits per heavy atom. The van der Waals surface area contributed by atoms with Gasteiger partial charge in [0.1, 0.15) is 0 Å². The third-order valence-electron chi connectivity index (χ3n) is 3.19. The second-order valence-electron chi connectivity index (χ2n) is 4.62. The zero-order valence-corrected chi connectivity index (χ0v) is 11.7. The van der Waals surface area contributed by atoms with Crippen molar-refractivity contribution in [3.8, 4) is 11.1 Å². The fourth-order valence-corrected chi connectivity index (χ4v) is 2.10. The Labute approximate surface area is 120 Å². The Morgan fingerprint density at radius 2 is 1.70 bits per heavy atom. The van der Waals surface area contributed by atoms with Crippen LogP contribution in [0.2, 0.25) is 0 Å². The van der Waals surface area contributed by atoms with Crippen LogP contribution in [0.3, 0.4) is 0 Å². The summed E-state index contributed by atoms with van der Waals surface area (Å²) in [5.41, 5.74) is 3.49. The molecule has 0 radical (unpaired) electrons. The van der Waals surface area contributed by atoms with E-state index >= 15 is 0 Å². The average Bonchev–Trinajstić information content (AvgIpc) is 2.52. The highest BCUT2D eigenvalue weighted by atomic mass is 16.1.